The Morgan fingerprint density at radius 3 is 2.52 bits per heavy atom. The standard InChI is InChI=1S/C16H15NO4/c1-11(18)14-8-13(9-17-15(14)16(19)20-2)21-10-12-6-4-3-5-7-12/h3-9H,10H2,1-2H3. The molecule has 0 atom stereocenters. The molecule has 0 unspecified atom stereocenters. The minimum Gasteiger partial charge on any atom is -0.487 e. The van der Waals surface area contributed by atoms with Crippen LogP contribution in [0.2, 0.25) is 0 Å². The first-order chi connectivity index (χ1) is 10.1. The second-order valence-electron chi connectivity index (χ2n) is 4.39. The van der Waals surface area contributed by atoms with Crippen molar-refractivity contribution in [2.45, 2.75) is 13.5 Å². The molecular formula is C16H15NO4. The van der Waals surface area contributed by atoms with Crippen molar-refractivity contribution in [1.29, 1.82) is 0 Å². The molecule has 5 heteroatoms. The molecule has 0 radical (unpaired) electrons. The highest BCUT2D eigenvalue weighted by Gasteiger charge is 2.17. The van der Waals surface area contributed by atoms with Crippen LogP contribution in [0.25, 0.3) is 0 Å². The van der Waals surface area contributed by atoms with Crippen LogP contribution in [-0.2, 0) is 11.3 Å². The average molecular weight is 285 g/mol. The number of hydrogen-bond donors (Lipinski definition) is 0. The van der Waals surface area contributed by atoms with Gasteiger partial charge in [-0.15, -0.1) is 0 Å². The second kappa shape index (κ2) is 6.65. The molecule has 1 aromatic carbocycles. The van der Waals surface area contributed by atoms with Gasteiger partial charge in [-0.25, -0.2) is 9.78 Å². The fourth-order valence-electron chi connectivity index (χ4n) is 1.79. The lowest BCUT2D eigenvalue weighted by molar-refractivity contribution is 0.0590. The Morgan fingerprint density at radius 1 is 1.19 bits per heavy atom. The molecule has 108 valence electrons. The highest BCUT2D eigenvalue weighted by molar-refractivity contribution is 6.04. The number of nitrogens with zero attached hydrogens (tertiary/aromatic N) is 1. The summed E-state index contributed by atoms with van der Waals surface area (Å²) in [5, 5.41) is 0. The summed E-state index contributed by atoms with van der Waals surface area (Å²) in [6, 6.07) is 11.1. The third kappa shape index (κ3) is 3.66. The number of esters is 1. The number of hydrogen-bond acceptors (Lipinski definition) is 5. The van der Waals surface area contributed by atoms with Crippen molar-refractivity contribution in [3.63, 3.8) is 0 Å². The topological polar surface area (TPSA) is 65.5 Å². The summed E-state index contributed by atoms with van der Waals surface area (Å²) in [5.41, 5.74) is 1.18. The van der Waals surface area contributed by atoms with Gasteiger partial charge in [0.25, 0.3) is 0 Å². The third-order valence-corrected chi connectivity index (χ3v) is 2.87. The molecule has 0 aliphatic carbocycles. The monoisotopic (exact) mass is 285 g/mol. The van der Waals surface area contributed by atoms with E-state index in [2.05, 4.69) is 9.72 Å². The quantitative estimate of drug-likeness (QED) is 0.624. The molecule has 0 aliphatic rings. The van der Waals surface area contributed by atoms with Crippen LogP contribution in [0.1, 0.15) is 33.3 Å². The minimum absolute atomic E-state index is 0.00272. The first-order valence-corrected chi connectivity index (χ1v) is 6.38. The molecule has 0 aliphatic heterocycles. The van der Waals surface area contributed by atoms with Crippen LogP contribution < -0.4 is 4.74 Å². The summed E-state index contributed by atoms with van der Waals surface area (Å²) in [5.74, 6) is -0.487. The van der Waals surface area contributed by atoms with E-state index in [0.717, 1.165) is 5.56 Å². The van der Waals surface area contributed by atoms with E-state index in [9.17, 15) is 9.59 Å². The maximum absolute atomic E-state index is 11.6. The van der Waals surface area contributed by atoms with E-state index in [0.29, 0.717) is 12.4 Å². The number of Topliss-reactive ketones (excluding diaryl/α,β-unsaturated/α-hetero) is 1. The fourth-order valence-corrected chi connectivity index (χ4v) is 1.79. The molecule has 0 N–H and O–H groups in total. The van der Waals surface area contributed by atoms with Gasteiger partial charge in [0.15, 0.2) is 11.5 Å². The van der Waals surface area contributed by atoms with Gasteiger partial charge in [-0.05, 0) is 18.6 Å². The number of ketones is 1. The lowest BCUT2D eigenvalue weighted by Crippen LogP contribution is -2.11. The normalized spacial score (nSPS) is 10.0. The molecule has 0 bridgehead atoms. The molecule has 0 amide bonds. The second-order valence-corrected chi connectivity index (χ2v) is 4.39. The summed E-state index contributed by atoms with van der Waals surface area (Å²) in [6.45, 7) is 1.72. The summed E-state index contributed by atoms with van der Waals surface area (Å²) in [6.07, 6.45) is 1.40. The number of methoxy groups -OCH3 is 1. The van der Waals surface area contributed by atoms with Crippen LogP contribution in [-0.4, -0.2) is 23.8 Å². The fraction of sp³-hybridized carbons (Fsp3) is 0.188. The first kappa shape index (κ1) is 14.7. The molecule has 21 heavy (non-hydrogen) atoms. The van der Waals surface area contributed by atoms with Crippen LogP contribution in [0.15, 0.2) is 42.6 Å². The Kier molecular flexibility index (Phi) is 4.66. The predicted molar refractivity (Wildman–Crippen MR) is 76.4 cm³/mol. The Morgan fingerprint density at radius 2 is 1.90 bits per heavy atom. The van der Waals surface area contributed by atoms with Crippen molar-refractivity contribution in [2.75, 3.05) is 7.11 Å². The van der Waals surface area contributed by atoms with Crippen molar-refractivity contribution >= 4 is 11.8 Å². The Labute approximate surface area is 122 Å². The van der Waals surface area contributed by atoms with Gasteiger partial charge in [0.2, 0.25) is 0 Å². The molecule has 0 spiro atoms. The Hall–Kier alpha value is -2.69. The van der Waals surface area contributed by atoms with E-state index in [1.165, 1.54) is 26.3 Å². The van der Waals surface area contributed by atoms with Crippen molar-refractivity contribution in [3.05, 3.63) is 59.4 Å². The van der Waals surface area contributed by atoms with Crippen LogP contribution >= 0.6 is 0 Å². The maximum Gasteiger partial charge on any atom is 0.357 e. The van der Waals surface area contributed by atoms with Gasteiger partial charge in [0, 0.05) is 0 Å². The zero-order valence-electron chi connectivity index (χ0n) is 11.8. The van der Waals surface area contributed by atoms with E-state index in [4.69, 9.17) is 4.74 Å². The number of carbonyl (C=O) groups excluding carboxylic acids is 2. The minimum atomic E-state index is -0.644. The molecule has 1 aromatic heterocycles. The lowest BCUT2D eigenvalue weighted by Gasteiger charge is -2.09. The van der Waals surface area contributed by atoms with Gasteiger partial charge in [-0.2, -0.15) is 0 Å². The van der Waals surface area contributed by atoms with Crippen molar-refractivity contribution in [3.8, 4) is 5.75 Å². The van der Waals surface area contributed by atoms with Crippen LogP contribution in [0.3, 0.4) is 0 Å². The van der Waals surface area contributed by atoms with Gasteiger partial charge in [-0.1, -0.05) is 30.3 Å². The molecule has 2 rings (SSSR count). The van der Waals surface area contributed by atoms with Crippen molar-refractivity contribution in [2.24, 2.45) is 0 Å². The summed E-state index contributed by atoms with van der Waals surface area (Å²) >= 11 is 0. The predicted octanol–water partition coefficient (Wildman–Crippen LogP) is 2.65. The summed E-state index contributed by atoms with van der Waals surface area (Å²) in [4.78, 5) is 27.1. The van der Waals surface area contributed by atoms with Crippen LogP contribution in [0.4, 0.5) is 0 Å². The molecule has 0 fully saturated rings. The molecule has 2 aromatic rings. The third-order valence-electron chi connectivity index (χ3n) is 2.87. The van der Waals surface area contributed by atoms with E-state index in [1.807, 2.05) is 30.3 Å². The Balaban J connectivity index is 2.20. The molecule has 0 saturated heterocycles. The van der Waals surface area contributed by atoms with Gasteiger partial charge < -0.3 is 9.47 Å². The zero-order chi connectivity index (χ0) is 15.2. The Bertz CT molecular complexity index is 653. The lowest BCUT2D eigenvalue weighted by atomic mass is 10.1. The number of carbonyl (C=O) groups is 2. The van der Waals surface area contributed by atoms with Crippen molar-refractivity contribution in [1.82, 2.24) is 4.98 Å². The SMILES string of the molecule is COC(=O)c1ncc(OCc2ccccc2)cc1C(C)=O. The smallest absolute Gasteiger partial charge is 0.357 e. The molecule has 5 nitrogen and oxygen atoms in total. The van der Waals surface area contributed by atoms with Crippen molar-refractivity contribution < 1.29 is 19.1 Å². The maximum atomic E-state index is 11.6. The number of pyridine rings is 1. The highest BCUT2D eigenvalue weighted by Crippen LogP contribution is 2.18. The highest BCUT2D eigenvalue weighted by atomic mass is 16.5. The molecule has 0 saturated carbocycles. The summed E-state index contributed by atoms with van der Waals surface area (Å²) < 4.78 is 10.2. The summed E-state index contributed by atoms with van der Waals surface area (Å²) in [7, 11) is 1.24. The van der Waals surface area contributed by atoms with Gasteiger partial charge in [0.05, 0.1) is 18.9 Å². The van der Waals surface area contributed by atoms with E-state index >= 15 is 0 Å². The van der Waals surface area contributed by atoms with Gasteiger partial charge >= 0.3 is 5.97 Å². The number of benzene rings is 1. The van der Waals surface area contributed by atoms with Crippen LogP contribution in [0, 0.1) is 0 Å². The van der Waals surface area contributed by atoms with E-state index < -0.39 is 5.97 Å². The van der Waals surface area contributed by atoms with E-state index in [1.54, 1.807) is 0 Å². The number of aromatic nitrogens is 1. The zero-order valence-corrected chi connectivity index (χ0v) is 11.8. The average Bonchev–Trinajstić information content (AvgIpc) is 2.52. The number of ether oxygens (including phenoxy) is 2. The van der Waals surface area contributed by atoms with Crippen LogP contribution in [0.5, 0.6) is 5.75 Å². The molecule has 1 heterocycles. The van der Waals surface area contributed by atoms with Gasteiger partial charge in [-0.3, -0.25) is 4.79 Å². The van der Waals surface area contributed by atoms with E-state index in [-0.39, 0.29) is 17.0 Å². The number of rotatable bonds is 5. The van der Waals surface area contributed by atoms with Gasteiger partial charge in [0.1, 0.15) is 12.4 Å². The largest absolute Gasteiger partial charge is 0.487 e. The molecular weight excluding hydrogens is 270 g/mol. The first-order valence-electron chi connectivity index (χ1n) is 6.38.